The molecule has 4 rings (SSSR count). The fourth-order valence-electron chi connectivity index (χ4n) is 3.60. The number of carboxylic acids is 1. The van der Waals surface area contributed by atoms with E-state index >= 15 is 0 Å². The number of nitrogens with two attached hydrogens (primary N) is 2. The van der Waals surface area contributed by atoms with E-state index in [1.165, 1.54) is 36.4 Å². The average molecular weight is 452 g/mol. The van der Waals surface area contributed by atoms with Crippen molar-refractivity contribution in [1.82, 2.24) is 0 Å². The summed E-state index contributed by atoms with van der Waals surface area (Å²) in [6, 6.07) is 10.5. The molecule has 0 aliphatic heterocycles. The van der Waals surface area contributed by atoms with Crippen LogP contribution in [0.15, 0.2) is 53.4 Å². The second-order valence-corrected chi connectivity index (χ2v) is 8.37. The molecule has 0 fully saturated rings. The molecule has 0 amide bonds. The van der Waals surface area contributed by atoms with Crippen LogP contribution < -0.4 is 16.8 Å². The number of ketones is 2. The van der Waals surface area contributed by atoms with Gasteiger partial charge in [0.05, 0.1) is 33.0 Å². The average Bonchev–Trinajstić information content (AvgIpc) is 2.71. The van der Waals surface area contributed by atoms with Gasteiger partial charge in [0, 0.05) is 22.5 Å². The third-order valence-electron chi connectivity index (χ3n) is 4.95. The number of nitrogens with one attached hydrogen (secondary N) is 1. The highest BCUT2D eigenvalue weighted by molar-refractivity contribution is 7.86. The second-order valence-electron chi connectivity index (χ2n) is 7.02. The van der Waals surface area contributed by atoms with Crippen molar-refractivity contribution in [2.24, 2.45) is 0 Å². The molecule has 1 aliphatic rings. The van der Waals surface area contributed by atoms with Crippen molar-refractivity contribution >= 4 is 50.4 Å². The maximum Gasteiger partial charge on any atom is 0.335 e. The number of hydrogen-bond acceptors (Lipinski definition) is 9. The molecule has 0 heterocycles. The number of carboxylic acid groups (broad SMARTS) is 1. The largest absolute Gasteiger partial charge is 0.744 e. The Labute approximate surface area is 181 Å². The number of carbonyl (C=O) groups is 3. The summed E-state index contributed by atoms with van der Waals surface area (Å²) in [6.07, 6.45) is 0. The number of hydrogen-bond donors (Lipinski definition) is 4. The first-order valence-electron chi connectivity index (χ1n) is 9.00. The maximum absolute atomic E-state index is 13.2. The second kappa shape index (κ2) is 7.18. The summed E-state index contributed by atoms with van der Waals surface area (Å²) in [6.45, 7) is 0. The predicted octanol–water partition coefficient (Wildman–Crippen LogP) is 1.97. The summed E-state index contributed by atoms with van der Waals surface area (Å²) >= 11 is 0. The Morgan fingerprint density at radius 3 is 2.09 bits per heavy atom. The highest BCUT2D eigenvalue weighted by Crippen LogP contribution is 2.40. The summed E-state index contributed by atoms with van der Waals surface area (Å²) in [4.78, 5) is 36.8. The number of nitrogen functional groups attached to an aromatic ring is 2. The molecule has 0 saturated carbocycles. The summed E-state index contributed by atoms with van der Waals surface area (Å²) in [7, 11) is -5.13. The number of fused-ring (bicyclic) bond motifs is 2. The molecule has 0 spiro atoms. The lowest BCUT2D eigenvalue weighted by Gasteiger charge is -2.25. The predicted molar refractivity (Wildman–Crippen MR) is 113 cm³/mol. The third-order valence-corrected chi connectivity index (χ3v) is 5.83. The van der Waals surface area contributed by atoms with Crippen molar-refractivity contribution in [2.75, 3.05) is 16.8 Å². The van der Waals surface area contributed by atoms with E-state index in [1.54, 1.807) is 6.07 Å². The van der Waals surface area contributed by atoms with E-state index in [0.717, 1.165) is 6.07 Å². The molecule has 0 aromatic heterocycles. The lowest BCUT2D eigenvalue weighted by atomic mass is 9.82. The van der Waals surface area contributed by atoms with Crippen molar-refractivity contribution < 1.29 is 32.5 Å². The standard InChI is InChI=1S/C21H15N3O7S/c22-10-5-9(21(27)28)6-11(7-10)24-14-8-15(32(29,30)31)18(23)17-16(14)19(25)12-3-1-2-4-13(12)20(17)26/h1-8,24H,22-23H2,(H,27,28)(H,29,30,31)/p-1. The van der Waals surface area contributed by atoms with Crippen LogP contribution in [0.25, 0.3) is 0 Å². The Balaban J connectivity index is 2.01. The molecular weight excluding hydrogens is 438 g/mol. The molecule has 0 unspecified atom stereocenters. The zero-order valence-electron chi connectivity index (χ0n) is 16.1. The molecule has 0 bridgehead atoms. The van der Waals surface area contributed by atoms with Crippen molar-refractivity contribution in [1.29, 1.82) is 0 Å². The highest BCUT2D eigenvalue weighted by Gasteiger charge is 2.35. The van der Waals surface area contributed by atoms with Gasteiger partial charge in [0.15, 0.2) is 11.6 Å². The number of benzene rings is 3. The van der Waals surface area contributed by atoms with Crippen molar-refractivity contribution in [3.8, 4) is 0 Å². The van der Waals surface area contributed by atoms with Crippen LogP contribution in [0.5, 0.6) is 0 Å². The molecule has 0 radical (unpaired) electrons. The lowest BCUT2D eigenvalue weighted by Crippen LogP contribution is -2.25. The number of aromatic carboxylic acids is 1. The van der Waals surface area contributed by atoms with Gasteiger partial charge in [-0.2, -0.15) is 0 Å². The number of anilines is 4. The van der Waals surface area contributed by atoms with Gasteiger partial charge in [-0.3, -0.25) is 9.59 Å². The first-order valence-corrected chi connectivity index (χ1v) is 10.4. The summed E-state index contributed by atoms with van der Waals surface area (Å²) in [5.41, 5.74) is 10.2. The van der Waals surface area contributed by atoms with Gasteiger partial charge in [0.25, 0.3) is 0 Å². The van der Waals surface area contributed by atoms with Crippen LogP contribution in [0.2, 0.25) is 0 Å². The van der Waals surface area contributed by atoms with Gasteiger partial charge in [-0.1, -0.05) is 24.3 Å². The van der Waals surface area contributed by atoms with Crippen LogP contribution in [0.4, 0.5) is 22.7 Å². The molecule has 3 aromatic rings. The number of rotatable bonds is 4. The molecule has 32 heavy (non-hydrogen) atoms. The van der Waals surface area contributed by atoms with E-state index in [1.807, 2.05) is 0 Å². The molecule has 11 heteroatoms. The van der Waals surface area contributed by atoms with E-state index in [-0.39, 0.29) is 39.3 Å². The Kier molecular flexibility index (Phi) is 4.72. The zero-order valence-corrected chi connectivity index (χ0v) is 16.9. The van der Waals surface area contributed by atoms with E-state index < -0.39 is 43.8 Å². The topological polar surface area (TPSA) is 193 Å². The molecule has 1 aliphatic carbocycles. The molecule has 162 valence electrons. The molecule has 10 nitrogen and oxygen atoms in total. The Bertz CT molecular complexity index is 1460. The Morgan fingerprint density at radius 1 is 0.938 bits per heavy atom. The minimum atomic E-state index is -5.13. The van der Waals surface area contributed by atoms with Crippen molar-refractivity contribution in [3.63, 3.8) is 0 Å². The Morgan fingerprint density at radius 2 is 1.53 bits per heavy atom. The van der Waals surface area contributed by atoms with Crippen LogP contribution in [0, 0.1) is 0 Å². The Hall–Kier alpha value is -4.22. The molecule has 3 aromatic carbocycles. The van der Waals surface area contributed by atoms with E-state index in [4.69, 9.17) is 11.5 Å². The van der Waals surface area contributed by atoms with Gasteiger partial charge in [-0.25, -0.2) is 13.2 Å². The fraction of sp³-hybridized carbons (Fsp3) is 0. The van der Waals surface area contributed by atoms with Gasteiger partial charge < -0.3 is 26.4 Å². The SMILES string of the molecule is Nc1cc(Nc2cc(S(=O)(=O)[O-])c(N)c3c2C(=O)c2ccccc2C3=O)cc(C(=O)O)c1. The van der Waals surface area contributed by atoms with Gasteiger partial charge in [0.1, 0.15) is 10.1 Å². The highest BCUT2D eigenvalue weighted by atomic mass is 32.2. The summed E-state index contributed by atoms with van der Waals surface area (Å²) < 4.78 is 35.5. The summed E-state index contributed by atoms with van der Waals surface area (Å²) in [5.74, 6) is -2.62. The first kappa shape index (κ1) is 21.0. The van der Waals surface area contributed by atoms with Crippen LogP contribution in [-0.4, -0.2) is 35.6 Å². The molecule has 0 atom stereocenters. The molecule has 6 N–H and O–H groups in total. The quantitative estimate of drug-likeness (QED) is 0.263. The van der Waals surface area contributed by atoms with Crippen molar-refractivity contribution in [2.45, 2.75) is 4.90 Å². The van der Waals surface area contributed by atoms with Crippen LogP contribution in [-0.2, 0) is 10.1 Å². The van der Waals surface area contributed by atoms with Crippen molar-refractivity contribution in [3.05, 3.63) is 76.3 Å². The number of carbonyl (C=O) groups excluding carboxylic acids is 2. The minimum absolute atomic E-state index is 0.0141. The minimum Gasteiger partial charge on any atom is -0.744 e. The fourth-order valence-corrected chi connectivity index (χ4v) is 4.24. The first-order chi connectivity index (χ1) is 15.0. The lowest BCUT2D eigenvalue weighted by molar-refractivity contribution is 0.0696. The van der Waals surface area contributed by atoms with Gasteiger partial charge in [-0.05, 0) is 24.3 Å². The smallest absolute Gasteiger partial charge is 0.335 e. The van der Waals surface area contributed by atoms with Crippen LogP contribution in [0.3, 0.4) is 0 Å². The van der Waals surface area contributed by atoms with E-state index in [9.17, 15) is 32.5 Å². The van der Waals surface area contributed by atoms with Crippen LogP contribution in [0.1, 0.15) is 42.2 Å². The summed E-state index contributed by atoms with van der Waals surface area (Å²) in [5, 5.41) is 12.0. The maximum atomic E-state index is 13.2. The van der Waals surface area contributed by atoms with Gasteiger partial charge in [0.2, 0.25) is 0 Å². The monoisotopic (exact) mass is 452 g/mol. The molecule has 0 saturated heterocycles. The van der Waals surface area contributed by atoms with E-state index in [2.05, 4.69) is 5.32 Å². The third kappa shape index (κ3) is 3.35. The zero-order chi connectivity index (χ0) is 23.4. The molecular formula is C21H14N3O7S-. The van der Waals surface area contributed by atoms with Crippen LogP contribution >= 0.6 is 0 Å². The van der Waals surface area contributed by atoms with Gasteiger partial charge >= 0.3 is 5.97 Å². The normalized spacial score (nSPS) is 12.8. The van der Waals surface area contributed by atoms with E-state index in [0.29, 0.717) is 0 Å². The van der Waals surface area contributed by atoms with Gasteiger partial charge in [-0.15, -0.1) is 0 Å².